The van der Waals surface area contributed by atoms with E-state index in [1.54, 1.807) is 29.8 Å². The highest BCUT2D eigenvalue weighted by Gasteiger charge is 2.12. The summed E-state index contributed by atoms with van der Waals surface area (Å²) in [6.07, 6.45) is 3.42. The number of carbonyl (C=O) groups excluding carboxylic acids is 1. The lowest BCUT2D eigenvalue weighted by atomic mass is 10.3. The first-order valence-corrected chi connectivity index (χ1v) is 5.71. The van der Waals surface area contributed by atoms with Crippen molar-refractivity contribution < 1.29 is 4.79 Å². The van der Waals surface area contributed by atoms with E-state index in [1.807, 2.05) is 13.8 Å². The van der Waals surface area contributed by atoms with Gasteiger partial charge in [0.1, 0.15) is 5.01 Å². The molecule has 0 aliphatic heterocycles. The van der Waals surface area contributed by atoms with Crippen LogP contribution in [0, 0.1) is 13.8 Å². The Kier molecular flexibility index (Phi) is 3.05. The summed E-state index contributed by atoms with van der Waals surface area (Å²) in [6, 6.07) is 1.69. The van der Waals surface area contributed by atoms with Crippen molar-refractivity contribution in [3.63, 3.8) is 0 Å². The van der Waals surface area contributed by atoms with E-state index >= 15 is 0 Å². The summed E-state index contributed by atoms with van der Waals surface area (Å²) in [6.45, 7) is 3.94. The number of Topliss-reactive ketones (excluding diaryl/α,β-unsaturated/α-hetero) is 1. The van der Waals surface area contributed by atoms with E-state index in [2.05, 4.69) is 15.0 Å². The zero-order valence-electron chi connectivity index (χ0n) is 9.10. The summed E-state index contributed by atoms with van der Waals surface area (Å²) >= 11 is 1.55. The van der Waals surface area contributed by atoms with Gasteiger partial charge >= 0.3 is 0 Å². The van der Waals surface area contributed by atoms with E-state index < -0.39 is 0 Å². The maximum absolute atomic E-state index is 11.8. The molecular weight excluding hydrogens is 222 g/mol. The topological polar surface area (TPSA) is 55.7 Å². The average molecular weight is 233 g/mol. The van der Waals surface area contributed by atoms with Gasteiger partial charge in [-0.05, 0) is 19.9 Å². The van der Waals surface area contributed by atoms with Crippen LogP contribution in [0.3, 0.4) is 0 Å². The SMILES string of the molecule is Cc1nc(CC(=O)c2ncccn2)sc1C. The molecule has 0 fully saturated rings. The van der Waals surface area contributed by atoms with Gasteiger partial charge in [0.2, 0.25) is 5.78 Å². The quantitative estimate of drug-likeness (QED) is 0.761. The fourth-order valence-corrected chi connectivity index (χ4v) is 2.21. The molecule has 16 heavy (non-hydrogen) atoms. The molecule has 0 bridgehead atoms. The van der Waals surface area contributed by atoms with Crippen molar-refractivity contribution in [3.8, 4) is 0 Å². The van der Waals surface area contributed by atoms with E-state index in [4.69, 9.17) is 0 Å². The van der Waals surface area contributed by atoms with Crippen LogP contribution in [0.2, 0.25) is 0 Å². The second kappa shape index (κ2) is 4.49. The number of thiazole rings is 1. The molecule has 0 amide bonds. The van der Waals surface area contributed by atoms with Crippen molar-refractivity contribution in [3.05, 3.63) is 39.9 Å². The third kappa shape index (κ3) is 2.30. The van der Waals surface area contributed by atoms with Crippen LogP contribution in [0.25, 0.3) is 0 Å². The molecule has 2 rings (SSSR count). The molecule has 0 aliphatic rings. The first-order valence-electron chi connectivity index (χ1n) is 4.90. The van der Waals surface area contributed by atoms with Gasteiger partial charge in [-0.3, -0.25) is 4.79 Å². The number of hydrogen-bond acceptors (Lipinski definition) is 5. The number of aromatic nitrogens is 3. The van der Waals surface area contributed by atoms with Crippen LogP contribution in [0.15, 0.2) is 18.5 Å². The minimum Gasteiger partial charge on any atom is -0.290 e. The zero-order chi connectivity index (χ0) is 11.5. The lowest BCUT2D eigenvalue weighted by molar-refractivity contribution is 0.0983. The largest absolute Gasteiger partial charge is 0.290 e. The Balaban J connectivity index is 2.14. The van der Waals surface area contributed by atoms with Gasteiger partial charge in [-0.2, -0.15) is 0 Å². The van der Waals surface area contributed by atoms with Crippen LogP contribution >= 0.6 is 11.3 Å². The Bertz CT molecular complexity index is 488. The molecule has 2 heterocycles. The Morgan fingerprint density at radius 3 is 2.56 bits per heavy atom. The molecule has 0 aliphatic carbocycles. The normalized spacial score (nSPS) is 10.4. The smallest absolute Gasteiger partial charge is 0.206 e. The third-order valence-corrected chi connectivity index (χ3v) is 3.27. The molecule has 82 valence electrons. The fourth-order valence-electron chi connectivity index (χ4n) is 1.27. The van der Waals surface area contributed by atoms with Crippen molar-refractivity contribution in [2.45, 2.75) is 20.3 Å². The lowest BCUT2D eigenvalue weighted by Gasteiger charge is -1.95. The molecule has 2 aromatic heterocycles. The minimum absolute atomic E-state index is 0.0886. The van der Waals surface area contributed by atoms with Gasteiger partial charge in [0.15, 0.2) is 5.82 Å². The van der Waals surface area contributed by atoms with Gasteiger partial charge in [0.05, 0.1) is 12.1 Å². The maximum Gasteiger partial charge on any atom is 0.206 e. The van der Waals surface area contributed by atoms with Crippen LogP contribution in [-0.4, -0.2) is 20.7 Å². The fraction of sp³-hybridized carbons (Fsp3) is 0.273. The van der Waals surface area contributed by atoms with Crippen LogP contribution < -0.4 is 0 Å². The Morgan fingerprint density at radius 1 is 1.31 bits per heavy atom. The first kappa shape index (κ1) is 10.9. The number of aryl methyl sites for hydroxylation is 2. The zero-order valence-corrected chi connectivity index (χ0v) is 9.91. The standard InChI is InChI=1S/C11H11N3OS/c1-7-8(2)16-10(14-7)6-9(15)11-12-4-3-5-13-11/h3-5H,6H2,1-2H3. The van der Waals surface area contributed by atoms with E-state index in [1.165, 1.54) is 0 Å². The number of nitrogens with zero attached hydrogens (tertiary/aromatic N) is 3. The van der Waals surface area contributed by atoms with Crippen molar-refractivity contribution in [2.75, 3.05) is 0 Å². The highest BCUT2D eigenvalue weighted by atomic mass is 32.1. The van der Waals surface area contributed by atoms with Gasteiger partial charge < -0.3 is 0 Å². The van der Waals surface area contributed by atoms with E-state index in [0.29, 0.717) is 0 Å². The van der Waals surface area contributed by atoms with Crippen molar-refractivity contribution in [2.24, 2.45) is 0 Å². The molecule has 0 saturated carbocycles. The van der Waals surface area contributed by atoms with E-state index in [0.717, 1.165) is 15.6 Å². The summed E-state index contributed by atoms with van der Waals surface area (Å²) < 4.78 is 0. The van der Waals surface area contributed by atoms with E-state index in [-0.39, 0.29) is 18.0 Å². The summed E-state index contributed by atoms with van der Waals surface area (Å²) in [5.74, 6) is 0.169. The number of hydrogen-bond donors (Lipinski definition) is 0. The molecule has 0 atom stereocenters. The third-order valence-electron chi connectivity index (χ3n) is 2.20. The van der Waals surface area contributed by atoms with Crippen LogP contribution in [0.4, 0.5) is 0 Å². The highest BCUT2D eigenvalue weighted by molar-refractivity contribution is 7.11. The van der Waals surface area contributed by atoms with Gasteiger partial charge in [-0.1, -0.05) is 0 Å². The summed E-state index contributed by atoms with van der Waals surface area (Å²) in [4.78, 5) is 25.1. The van der Waals surface area contributed by atoms with Crippen molar-refractivity contribution >= 4 is 17.1 Å². The predicted molar refractivity (Wildman–Crippen MR) is 61.7 cm³/mol. The van der Waals surface area contributed by atoms with Gasteiger partial charge in [0, 0.05) is 17.3 Å². The van der Waals surface area contributed by atoms with Crippen molar-refractivity contribution in [1.29, 1.82) is 0 Å². The molecule has 0 saturated heterocycles. The second-order valence-corrected chi connectivity index (χ2v) is 4.71. The molecule has 0 N–H and O–H groups in total. The maximum atomic E-state index is 11.8. The lowest BCUT2D eigenvalue weighted by Crippen LogP contribution is -2.07. The molecule has 4 nitrogen and oxygen atoms in total. The van der Waals surface area contributed by atoms with Crippen LogP contribution in [0.5, 0.6) is 0 Å². The monoisotopic (exact) mass is 233 g/mol. The Morgan fingerprint density at radius 2 is 2.00 bits per heavy atom. The average Bonchev–Trinajstić information content (AvgIpc) is 2.59. The summed E-state index contributed by atoms with van der Waals surface area (Å²) in [7, 11) is 0. The molecule has 0 unspecified atom stereocenters. The van der Waals surface area contributed by atoms with Crippen LogP contribution in [-0.2, 0) is 6.42 Å². The second-order valence-electron chi connectivity index (χ2n) is 3.42. The summed E-state index contributed by atoms with van der Waals surface area (Å²) in [5, 5.41) is 0.826. The molecule has 0 radical (unpaired) electrons. The molecule has 5 heteroatoms. The van der Waals surface area contributed by atoms with Gasteiger partial charge in [0.25, 0.3) is 0 Å². The molecule has 0 spiro atoms. The first-order chi connectivity index (χ1) is 7.66. The van der Waals surface area contributed by atoms with Crippen LogP contribution in [0.1, 0.15) is 26.2 Å². The number of ketones is 1. The van der Waals surface area contributed by atoms with Gasteiger partial charge in [-0.25, -0.2) is 15.0 Å². The number of rotatable bonds is 3. The van der Waals surface area contributed by atoms with E-state index in [9.17, 15) is 4.79 Å². The Hall–Kier alpha value is -1.62. The van der Waals surface area contributed by atoms with Crippen molar-refractivity contribution in [1.82, 2.24) is 15.0 Å². The minimum atomic E-state index is -0.0886. The number of carbonyl (C=O) groups is 1. The Labute approximate surface area is 97.4 Å². The van der Waals surface area contributed by atoms with Gasteiger partial charge in [-0.15, -0.1) is 11.3 Å². The molecule has 0 aromatic carbocycles. The summed E-state index contributed by atoms with van der Waals surface area (Å²) in [5.41, 5.74) is 0.988. The highest BCUT2D eigenvalue weighted by Crippen LogP contribution is 2.17. The molecular formula is C11H11N3OS. The predicted octanol–water partition coefficient (Wildman–Crippen LogP) is 1.98. The molecule has 2 aromatic rings.